The van der Waals surface area contributed by atoms with Gasteiger partial charge in [0, 0.05) is 5.56 Å². The summed E-state index contributed by atoms with van der Waals surface area (Å²) in [5.41, 5.74) is -0.249. The van der Waals surface area contributed by atoms with Crippen LogP contribution >= 0.6 is 0 Å². The van der Waals surface area contributed by atoms with E-state index in [2.05, 4.69) is 10.2 Å². The Bertz CT molecular complexity index is 817. The lowest BCUT2D eigenvalue weighted by atomic mass is 10.1. The lowest BCUT2D eigenvalue weighted by Crippen LogP contribution is -2.29. The monoisotopic (exact) mass is 300 g/mol. The quantitative estimate of drug-likeness (QED) is 0.681. The van der Waals surface area contributed by atoms with Gasteiger partial charge in [0.2, 0.25) is 0 Å². The molecule has 0 unspecified atom stereocenters. The van der Waals surface area contributed by atoms with Crippen LogP contribution in [0.5, 0.6) is 0 Å². The predicted octanol–water partition coefficient (Wildman–Crippen LogP) is 2.03. The lowest BCUT2D eigenvalue weighted by molar-refractivity contribution is -0.112. The van der Waals surface area contributed by atoms with Gasteiger partial charge in [-0.2, -0.15) is 15.2 Å². The second-order valence-electron chi connectivity index (χ2n) is 4.47. The minimum atomic E-state index is -0.717. The normalized spacial score (nSPS) is 16.3. The summed E-state index contributed by atoms with van der Waals surface area (Å²) in [7, 11) is 0. The van der Waals surface area contributed by atoms with Crippen LogP contribution in [0.2, 0.25) is 0 Å². The zero-order valence-corrected chi connectivity index (χ0v) is 11.2. The number of rotatable bonds is 2. The summed E-state index contributed by atoms with van der Waals surface area (Å²) in [6.45, 7) is 0. The van der Waals surface area contributed by atoms with Gasteiger partial charge in [-0.15, -0.1) is 0 Å². The molecule has 1 aliphatic heterocycles. The molecule has 1 aliphatic rings. The van der Waals surface area contributed by atoms with Crippen LogP contribution in [0, 0.1) is 11.6 Å². The Morgan fingerprint density at radius 3 is 2.27 bits per heavy atom. The van der Waals surface area contributed by atoms with Gasteiger partial charge in [0.05, 0.1) is 0 Å². The molecule has 0 saturated heterocycles. The molecule has 22 heavy (non-hydrogen) atoms. The molecule has 0 aromatic heterocycles. The van der Waals surface area contributed by atoms with Crippen molar-refractivity contribution in [1.82, 2.24) is 0 Å². The Kier molecular flexibility index (Phi) is 3.38. The number of carbonyl (C=O) groups is 1. The number of halogens is 2. The third-order valence-corrected chi connectivity index (χ3v) is 3.16. The van der Waals surface area contributed by atoms with E-state index in [-0.39, 0.29) is 22.7 Å². The van der Waals surface area contributed by atoms with Crippen molar-refractivity contribution in [3.8, 4) is 0 Å². The highest BCUT2D eigenvalue weighted by Gasteiger charge is 2.35. The summed E-state index contributed by atoms with van der Waals surface area (Å²) in [6.07, 6.45) is 0. The zero-order valence-electron chi connectivity index (χ0n) is 11.2. The molecule has 0 aliphatic carbocycles. The molecule has 1 amide bonds. The maximum Gasteiger partial charge on any atom is 0.301 e. The van der Waals surface area contributed by atoms with Gasteiger partial charge in [0.25, 0.3) is 0 Å². The third-order valence-electron chi connectivity index (χ3n) is 3.16. The highest BCUT2D eigenvalue weighted by Crippen LogP contribution is 2.25. The molecule has 0 bridgehead atoms. The van der Waals surface area contributed by atoms with Crippen LogP contribution in [0.4, 0.5) is 14.5 Å². The molecule has 3 rings (SSSR count). The maximum atomic E-state index is 13.9. The second kappa shape index (κ2) is 5.36. The molecular formula is C15H10F2N4O. The fraction of sp³-hybridized carbons (Fsp3) is 0. The number of hydrogen-bond donors (Lipinski definition) is 1. The largest absolute Gasteiger partial charge is 0.322 e. The van der Waals surface area contributed by atoms with E-state index in [1.807, 2.05) is 0 Å². The van der Waals surface area contributed by atoms with Gasteiger partial charge in [-0.05, 0) is 24.3 Å². The topological polar surface area (TPSA) is 71.0 Å². The number of amides is 1. The van der Waals surface area contributed by atoms with Crippen LogP contribution in [0.25, 0.3) is 0 Å². The number of nitrogens with two attached hydrogens (primary N) is 1. The Morgan fingerprint density at radius 1 is 1.00 bits per heavy atom. The molecule has 0 saturated carbocycles. The van der Waals surface area contributed by atoms with Crippen molar-refractivity contribution in [3.05, 3.63) is 65.7 Å². The molecule has 110 valence electrons. The van der Waals surface area contributed by atoms with Gasteiger partial charge in [-0.3, -0.25) is 4.79 Å². The number of nitrogens with zero attached hydrogens (tertiary/aromatic N) is 3. The Hall–Kier alpha value is -3.09. The van der Waals surface area contributed by atoms with Crippen LogP contribution in [0.3, 0.4) is 0 Å². The Labute approximate surface area is 124 Å². The maximum absolute atomic E-state index is 13.9. The number of hydrogen-bond acceptors (Lipinski definition) is 4. The zero-order chi connectivity index (χ0) is 15.7. The van der Waals surface area contributed by atoms with E-state index >= 15 is 0 Å². The van der Waals surface area contributed by atoms with Crippen molar-refractivity contribution < 1.29 is 13.6 Å². The minimum Gasteiger partial charge on any atom is -0.322 e. The van der Waals surface area contributed by atoms with Crippen molar-refractivity contribution >= 4 is 23.0 Å². The first-order chi connectivity index (χ1) is 10.6. The van der Waals surface area contributed by atoms with Gasteiger partial charge in [0.15, 0.2) is 5.71 Å². The summed E-state index contributed by atoms with van der Waals surface area (Å²) in [4.78, 5) is 12.3. The van der Waals surface area contributed by atoms with Crippen LogP contribution in [-0.4, -0.2) is 17.3 Å². The van der Waals surface area contributed by atoms with Crippen LogP contribution in [0.15, 0.2) is 58.7 Å². The molecule has 0 atom stereocenters. The van der Waals surface area contributed by atoms with Gasteiger partial charge in [0.1, 0.15) is 23.0 Å². The molecule has 5 nitrogen and oxygen atoms in total. The van der Waals surface area contributed by atoms with Crippen LogP contribution in [0.1, 0.15) is 5.56 Å². The van der Waals surface area contributed by atoms with E-state index in [4.69, 9.17) is 5.84 Å². The van der Waals surface area contributed by atoms with Gasteiger partial charge >= 0.3 is 5.91 Å². The van der Waals surface area contributed by atoms with Crippen LogP contribution < -0.4 is 10.9 Å². The highest BCUT2D eigenvalue weighted by atomic mass is 19.1. The molecule has 2 N–H and O–H groups in total. The standard InChI is InChI=1S/C15H10F2N4O/c16-10-6-2-1-5-9(10)13-14(19-18)15(22)21(20-13)12-8-4-3-7-11(12)17/h1-8H,18H2/b19-14+. The molecule has 0 fully saturated rings. The minimum absolute atomic E-state index is 0.0335. The van der Waals surface area contributed by atoms with Crippen LogP contribution in [-0.2, 0) is 4.79 Å². The SMILES string of the molecule is N/N=C1/C(=O)N(c2ccccc2F)N=C1c1ccccc1F. The molecule has 0 radical (unpaired) electrons. The number of benzene rings is 2. The van der Waals surface area contributed by atoms with Crippen molar-refractivity contribution in [2.45, 2.75) is 0 Å². The summed E-state index contributed by atoms with van der Waals surface area (Å²) in [5.74, 6) is 3.30. The Balaban J connectivity index is 2.14. The van der Waals surface area contributed by atoms with E-state index in [0.29, 0.717) is 0 Å². The molecule has 1 heterocycles. The average molecular weight is 300 g/mol. The van der Waals surface area contributed by atoms with E-state index in [0.717, 1.165) is 5.01 Å². The first-order valence-corrected chi connectivity index (χ1v) is 6.34. The first-order valence-electron chi connectivity index (χ1n) is 6.34. The van der Waals surface area contributed by atoms with Crippen molar-refractivity contribution in [2.24, 2.45) is 16.0 Å². The average Bonchev–Trinajstić information content (AvgIpc) is 2.85. The van der Waals surface area contributed by atoms with E-state index < -0.39 is 17.5 Å². The lowest BCUT2D eigenvalue weighted by Gasteiger charge is -2.11. The van der Waals surface area contributed by atoms with Crippen molar-refractivity contribution in [3.63, 3.8) is 0 Å². The van der Waals surface area contributed by atoms with E-state index in [1.165, 1.54) is 36.4 Å². The predicted molar refractivity (Wildman–Crippen MR) is 78.4 cm³/mol. The van der Waals surface area contributed by atoms with Gasteiger partial charge in [-0.1, -0.05) is 24.3 Å². The Morgan fingerprint density at radius 2 is 1.64 bits per heavy atom. The first kappa shape index (κ1) is 13.9. The van der Waals surface area contributed by atoms with Crippen molar-refractivity contribution in [1.29, 1.82) is 0 Å². The smallest absolute Gasteiger partial charge is 0.301 e. The number of hydrazone groups is 2. The summed E-state index contributed by atoms with van der Waals surface area (Å²) >= 11 is 0. The van der Waals surface area contributed by atoms with Gasteiger partial charge < -0.3 is 5.84 Å². The van der Waals surface area contributed by atoms with Crippen molar-refractivity contribution in [2.75, 3.05) is 5.01 Å². The van der Waals surface area contributed by atoms with Gasteiger partial charge in [-0.25, -0.2) is 8.78 Å². The summed E-state index contributed by atoms with van der Waals surface area (Å²) in [6, 6.07) is 11.4. The second-order valence-corrected chi connectivity index (χ2v) is 4.47. The summed E-state index contributed by atoms with van der Waals surface area (Å²) < 4.78 is 27.8. The molecule has 0 spiro atoms. The fourth-order valence-electron chi connectivity index (χ4n) is 2.13. The third kappa shape index (κ3) is 2.12. The highest BCUT2D eigenvalue weighted by molar-refractivity contribution is 6.74. The molecule has 7 heteroatoms. The number of anilines is 1. The fourth-order valence-corrected chi connectivity index (χ4v) is 2.13. The molecule has 2 aromatic carbocycles. The summed E-state index contributed by atoms with van der Waals surface area (Å²) in [5, 5.41) is 8.19. The number of carbonyl (C=O) groups excluding carboxylic acids is 1. The number of para-hydroxylation sites is 1. The van der Waals surface area contributed by atoms with E-state index in [9.17, 15) is 13.6 Å². The molecule has 2 aromatic rings. The van der Waals surface area contributed by atoms with E-state index in [1.54, 1.807) is 12.1 Å². The molecular weight excluding hydrogens is 290 g/mol.